The number of aromatic nitrogens is 5. The smallest absolute Gasteiger partial charge is 0.245 e. The summed E-state index contributed by atoms with van der Waals surface area (Å²) >= 11 is 7.51. The van der Waals surface area contributed by atoms with Gasteiger partial charge in [-0.25, -0.2) is 15.0 Å². The minimum absolute atomic E-state index is 0.476. The number of alkyl halides is 1. The average molecular weight is 324 g/mol. The van der Waals surface area contributed by atoms with Crippen LogP contribution in [0.3, 0.4) is 0 Å². The topological polar surface area (TPSA) is 65.7 Å². The number of ether oxygens (including phenoxy) is 1. The molecule has 0 saturated heterocycles. The van der Waals surface area contributed by atoms with Gasteiger partial charge in [-0.15, -0.1) is 22.9 Å². The van der Waals surface area contributed by atoms with Crippen molar-refractivity contribution in [3.63, 3.8) is 0 Å². The van der Waals surface area contributed by atoms with Crippen molar-refractivity contribution in [3.8, 4) is 5.88 Å². The molecule has 110 valence electrons. The molecule has 0 bridgehead atoms. The van der Waals surface area contributed by atoms with E-state index in [1.165, 1.54) is 6.33 Å². The number of thiazole rings is 1. The first-order valence-corrected chi connectivity index (χ1v) is 7.85. The minimum atomic E-state index is 0.476. The summed E-state index contributed by atoms with van der Waals surface area (Å²) in [6, 6.07) is 0. The van der Waals surface area contributed by atoms with Gasteiger partial charge >= 0.3 is 0 Å². The standard InChI is InChI=1S/C13H14ClN5OS/c1-8-17-9(6-21-8)5-19-10(3-4-14)18-11-12(19)15-7-16-13(11)20-2/h6-7H,3-5H2,1-2H3. The van der Waals surface area contributed by atoms with Gasteiger partial charge in [0.15, 0.2) is 11.2 Å². The van der Waals surface area contributed by atoms with E-state index in [1.54, 1.807) is 18.4 Å². The Hall–Kier alpha value is -1.73. The molecule has 0 radical (unpaired) electrons. The monoisotopic (exact) mass is 323 g/mol. The third kappa shape index (κ3) is 2.71. The van der Waals surface area contributed by atoms with Gasteiger partial charge in [-0.1, -0.05) is 0 Å². The Morgan fingerprint density at radius 2 is 2.19 bits per heavy atom. The summed E-state index contributed by atoms with van der Waals surface area (Å²) in [7, 11) is 1.58. The van der Waals surface area contributed by atoms with Gasteiger partial charge in [0.05, 0.1) is 24.4 Å². The van der Waals surface area contributed by atoms with Gasteiger partial charge in [0.2, 0.25) is 5.88 Å². The number of rotatable bonds is 5. The highest BCUT2D eigenvalue weighted by atomic mass is 35.5. The first kappa shape index (κ1) is 14.2. The predicted molar refractivity (Wildman–Crippen MR) is 82.3 cm³/mol. The number of fused-ring (bicyclic) bond motifs is 1. The van der Waals surface area contributed by atoms with Gasteiger partial charge in [0.1, 0.15) is 12.2 Å². The molecule has 0 spiro atoms. The molecule has 3 aromatic heterocycles. The molecule has 3 aromatic rings. The van der Waals surface area contributed by atoms with Crippen LogP contribution in [0.15, 0.2) is 11.7 Å². The first-order chi connectivity index (χ1) is 10.2. The maximum atomic E-state index is 5.88. The Balaban J connectivity index is 2.11. The van der Waals surface area contributed by atoms with Gasteiger partial charge in [0.25, 0.3) is 0 Å². The van der Waals surface area contributed by atoms with Crippen molar-refractivity contribution in [3.05, 3.63) is 28.2 Å². The van der Waals surface area contributed by atoms with Crippen molar-refractivity contribution >= 4 is 34.1 Å². The summed E-state index contributed by atoms with van der Waals surface area (Å²) in [5.41, 5.74) is 2.39. The zero-order chi connectivity index (χ0) is 14.8. The lowest BCUT2D eigenvalue weighted by Gasteiger charge is -2.05. The van der Waals surface area contributed by atoms with Crippen molar-refractivity contribution < 1.29 is 4.74 Å². The lowest BCUT2D eigenvalue weighted by atomic mass is 10.4. The molecule has 3 heterocycles. The lowest BCUT2D eigenvalue weighted by molar-refractivity contribution is 0.401. The van der Waals surface area contributed by atoms with Gasteiger partial charge in [-0.05, 0) is 6.92 Å². The Bertz CT molecular complexity index is 769. The molecule has 0 fully saturated rings. The summed E-state index contributed by atoms with van der Waals surface area (Å²) in [6.45, 7) is 2.61. The maximum absolute atomic E-state index is 5.88. The van der Waals surface area contributed by atoms with Gasteiger partial charge in [-0.2, -0.15) is 4.98 Å². The van der Waals surface area contributed by atoms with Crippen LogP contribution in [0, 0.1) is 6.92 Å². The fourth-order valence-electron chi connectivity index (χ4n) is 2.19. The number of hydrogen-bond donors (Lipinski definition) is 0. The third-order valence-corrected chi connectivity index (χ3v) is 4.09. The normalized spacial score (nSPS) is 11.2. The number of halogens is 1. The molecular weight excluding hydrogens is 310 g/mol. The molecule has 21 heavy (non-hydrogen) atoms. The van der Waals surface area contributed by atoms with Crippen molar-refractivity contribution in [2.24, 2.45) is 0 Å². The van der Waals surface area contributed by atoms with E-state index < -0.39 is 0 Å². The molecule has 3 rings (SSSR count). The highest BCUT2D eigenvalue weighted by molar-refractivity contribution is 7.09. The van der Waals surface area contributed by atoms with Crippen LogP contribution in [0.2, 0.25) is 0 Å². The highest BCUT2D eigenvalue weighted by Gasteiger charge is 2.17. The molecule has 0 aliphatic carbocycles. The van der Waals surface area contributed by atoms with Crippen LogP contribution >= 0.6 is 22.9 Å². The molecule has 0 amide bonds. The van der Waals surface area contributed by atoms with Crippen molar-refractivity contribution in [2.45, 2.75) is 19.9 Å². The van der Waals surface area contributed by atoms with Crippen LogP contribution in [-0.2, 0) is 13.0 Å². The largest absolute Gasteiger partial charge is 0.479 e. The summed E-state index contributed by atoms with van der Waals surface area (Å²) in [6.07, 6.45) is 2.14. The van der Waals surface area contributed by atoms with E-state index >= 15 is 0 Å². The molecule has 6 nitrogen and oxygen atoms in total. The fraction of sp³-hybridized carbons (Fsp3) is 0.385. The Kier molecular flexibility index (Phi) is 4.03. The molecule has 0 unspecified atom stereocenters. The van der Waals surface area contributed by atoms with Crippen LogP contribution < -0.4 is 4.74 Å². The number of nitrogens with zero attached hydrogens (tertiary/aromatic N) is 5. The summed E-state index contributed by atoms with van der Waals surface area (Å²) < 4.78 is 7.28. The molecule has 0 aromatic carbocycles. The van der Waals surface area contributed by atoms with Crippen molar-refractivity contribution in [2.75, 3.05) is 13.0 Å². The van der Waals surface area contributed by atoms with Crippen LogP contribution in [-0.4, -0.2) is 37.5 Å². The predicted octanol–water partition coefficient (Wildman–Crippen LogP) is 2.43. The molecule has 0 saturated carbocycles. The van der Waals surface area contributed by atoms with Crippen molar-refractivity contribution in [1.29, 1.82) is 0 Å². The molecule has 0 aliphatic heterocycles. The Morgan fingerprint density at radius 3 is 2.86 bits per heavy atom. The second-order valence-electron chi connectivity index (χ2n) is 4.47. The molecule has 0 aliphatic rings. The second kappa shape index (κ2) is 5.95. The zero-order valence-corrected chi connectivity index (χ0v) is 13.3. The highest BCUT2D eigenvalue weighted by Crippen LogP contribution is 2.23. The fourth-order valence-corrected chi connectivity index (χ4v) is 2.97. The summed E-state index contributed by atoms with van der Waals surface area (Å²) in [5.74, 6) is 1.84. The van der Waals surface area contributed by atoms with E-state index in [4.69, 9.17) is 16.3 Å². The van der Waals surface area contributed by atoms with E-state index in [0.717, 1.165) is 22.2 Å². The first-order valence-electron chi connectivity index (χ1n) is 6.44. The van der Waals surface area contributed by atoms with Crippen molar-refractivity contribution in [1.82, 2.24) is 24.5 Å². The third-order valence-electron chi connectivity index (χ3n) is 3.08. The molecule has 0 N–H and O–H groups in total. The Morgan fingerprint density at radius 1 is 1.33 bits per heavy atom. The van der Waals surface area contributed by atoms with Gasteiger partial charge in [-0.3, -0.25) is 0 Å². The number of aryl methyl sites for hydroxylation is 2. The van der Waals surface area contributed by atoms with E-state index in [1.807, 2.05) is 16.9 Å². The number of imidazole rings is 1. The van der Waals surface area contributed by atoms with Gasteiger partial charge in [0, 0.05) is 17.7 Å². The van der Waals surface area contributed by atoms with E-state index in [-0.39, 0.29) is 0 Å². The summed E-state index contributed by atoms with van der Waals surface area (Å²) in [4.78, 5) is 17.5. The summed E-state index contributed by atoms with van der Waals surface area (Å²) in [5, 5.41) is 3.09. The second-order valence-corrected chi connectivity index (χ2v) is 5.91. The van der Waals surface area contributed by atoms with Crippen LogP contribution in [0.5, 0.6) is 5.88 Å². The number of hydrogen-bond acceptors (Lipinski definition) is 6. The van der Waals surface area contributed by atoms with Crippen LogP contribution in [0.4, 0.5) is 0 Å². The number of methoxy groups -OCH3 is 1. The van der Waals surface area contributed by atoms with E-state index in [9.17, 15) is 0 Å². The lowest BCUT2D eigenvalue weighted by Crippen LogP contribution is -2.07. The minimum Gasteiger partial charge on any atom is -0.479 e. The molecule has 8 heteroatoms. The van der Waals surface area contributed by atoms with Crippen LogP contribution in [0.1, 0.15) is 16.5 Å². The SMILES string of the molecule is COc1ncnc2c1nc(CCCl)n2Cc1csc(C)n1. The molecular formula is C13H14ClN5OS. The quantitative estimate of drug-likeness (QED) is 0.675. The van der Waals surface area contributed by atoms with Crippen LogP contribution in [0.25, 0.3) is 11.2 Å². The van der Waals surface area contributed by atoms with Gasteiger partial charge < -0.3 is 9.30 Å². The maximum Gasteiger partial charge on any atom is 0.245 e. The zero-order valence-electron chi connectivity index (χ0n) is 11.7. The van der Waals surface area contributed by atoms with E-state index in [0.29, 0.717) is 30.2 Å². The Labute approximate surface area is 130 Å². The van der Waals surface area contributed by atoms with E-state index in [2.05, 4.69) is 19.9 Å². The average Bonchev–Trinajstić information content (AvgIpc) is 3.04. The molecule has 0 atom stereocenters.